The molecule has 2 aromatic carbocycles. The van der Waals surface area contributed by atoms with Crippen LogP contribution in [0.5, 0.6) is 5.75 Å². The molecule has 0 amide bonds. The Morgan fingerprint density at radius 2 is 1.76 bits per heavy atom. The first-order valence-corrected chi connectivity index (χ1v) is 9.34. The highest BCUT2D eigenvalue weighted by molar-refractivity contribution is 7.92. The Labute approximate surface area is 150 Å². The summed E-state index contributed by atoms with van der Waals surface area (Å²) in [6, 6.07) is 11.6. The number of nitrogens with zero attached hydrogens (tertiary/aromatic N) is 1. The monoisotopic (exact) mass is 357 g/mol. The minimum atomic E-state index is -3.81. The van der Waals surface area contributed by atoms with E-state index in [0.29, 0.717) is 17.0 Å². The molecule has 0 fully saturated rings. The van der Waals surface area contributed by atoms with Gasteiger partial charge in [0.15, 0.2) is 0 Å². The first-order valence-electron chi connectivity index (χ1n) is 7.90. The van der Waals surface area contributed by atoms with Gasteiger partial charge in [-0.15, -0.1) is 6.58 Å². The third-order valence-electron chi connectivity index (χ3n) is 3.98. The van der Waals surface area contributed by atoms with E-state index in [9.17, 15) is 8.42 Å². The van der Waals surface area contributed by atoms with Gasteiger partial charge in [-0.05, 0) is 32.0 Å². The molecule has 0 bridgehead atoms. The van der Waals surface area contributed by atoms with Crippen molar-refractivity contribution in [2.24, 2.45) is 0 Å². The molecule has 1 unspecified atom stereocenters. The van der Waals surface area contributed by atoms with Gasteiger partial charge in [-0.25, -0.2) is 8.42 Å². The third-order valence-corrected chi connectivity index (χ3v) is 5.88. The summed E-state index contributed by atoms with van der Waals surface area (Å²) in [5.74, 6) is 0.460. The van der Waals surface area contributed by atoms with E-state index >= 15 is 0 Å². The maximum Gasteiger partial charge on any atom is 0.264 e. The molecule has 0 N–H and O–H groups in total. The molecule has 0 aliphatic rings. The van der Waals surface area contributed by atoms with Crippen LogP contribution in [0.2, 0.25) is 0 Å². The van der Waals surface area contributed by atoms with Crippen molar-refractivity contribution in [3.8, 4) is 5.75 Å². The zero-order valence-corrected chi connectivity index (χ0v) is 15.6. The molecule has 25 heavy (non-hydrogen) atoms. The third kappa shape index (κ3) is 3.61. The number of methoxy groups -OCH3 is 1. The lowest BCUT2D eigenvalue weighted by Gasteiger charge is -2.31. The van der Waals surface area contributed by atoms with E-state index in [2.05, 4.69) is 13.2 Å². The zero-order chi connectivity index (χ0) is 18.6. The van der Waals surface area contributed by atoms with Crippen molar-refractivity contribution in [3.05, 3.63) is 72.8 Å². The van der Waals surface area contributed by atoms with Crippen molar-refractivity contribution < 1.29 is 13.2 Å². The number of hydrogen-bond acceptors (Lipinski definition) is 3. The van der Waals surface area contributed by atoms with Gasteiger partial charge in [0.25, 0.3) is 10.0 Å². The molecule has 0 radical (unpaired) electrons. The lowest BCUT2D eigenvalue weighted by atomic mass is 10.1. The van der Waals surface area contributed by atoms with Crippen molar-refractivity contribution in [1.29, 1.82) is 0 Å². The second-order valence-electron chi connectivity index (χ2n) is 5.69. The molecule has 2 rings (SSSR count). The lowest BCUT2D eigenvalue weighted by Crippen LogP contribution is -2.38. The van der Waals surface area contributed by atoms with E-state index in [1.807, 2.05) is 6.92 Å². The minimum absolute atomic E-state index is 0.215. The quantitative estimate of drug-likeness (QED) is 0.689. The van der Waals surface area contributed by atoms with E-state index in [1.165, 1.54) is 11.4 Å². The molecule has 0 heterocycles. The maximum absolute atomic E-state index is 13.4. The Morgan fingerprint density at radius 3 is 2.28 bits per heavy atom. The lowest BCUT2D eigenvalue weighted by molar-refractivity contribution is 0.415. The van der Waals surface area contributed by atoms with Gasteiger partial charge in [0.2, 0.25) is 0 Å². The number of aryl methyl sites for hydroxylation is 1. The number of para-hydroxylation sites is 1. The fourth-order valence-corrected chi connectivity index (χ4v) is 4.23. The molecule has 0 aliphatic carbocycles. The smallest absolute Gasteiger partial charge is 0.264 e. The van der Waals surface area contributed by atoms with Crippen molar-refractivity contribution >= 4 is 21.8 Å². The molecule has 0 aromatic heterocycles. The van der Waals surface area contributed by atoms with Gasteiger partial charge >= 0.3 is 0 Å². The predicted octanol–water partition coefficient (Wildman–Crippen LogP) is 4.42. The Kier molecular flexibility index (Phi) is 5.69. The minimum Gasteiger partial charge on any atom is -0.495 e. The van der Waals surface area contributed by atoms with E-state index in [4.69, 9.17) is 4.74 Å². The first kappa shape index (κ1) is 18.8. The Balaban J connectivity index is 2.76. The van der Waals surface area contributed by atoms with Gasteiger partial charge in [-0.1, -0.05) is 48.6 Å². The fourth-order valence-electron chi connectivity index (χ4n) is 2.57. The van der Waals surface area contributed by atoms with Crippen molar-refractivity contribution in [2.75, 3.05) is 11.4 Å². The highest BCUT2D eigenvalue weighted by atomic mass is 32.2. The standard InChI is InChI=1S/C20H23NO3S/c1-6-16(4)21(20-17(7-2)9-8-10-19(20)24-5)25(22,23)18-13-11-15(3)12-14-18/h6-14,16H,1-2H2,3-5H3. The van der Waals surface area contributed by atoms with Crippen LogP contribution in [0, 0.1) is 6.92 Å². The van der Waals surface area contributed by atoms with Gasteiger partial charge in [0, 0.05) is 5.56 Å². The second kappa shape index (κ2) is 7.57. The van der Waals surface area contributed by atoms with Crippen LogP contribution in [0.3, 0.4) is 0 Å². The van der Waals surface area contributed by atoms with Gasteiger partial charge in [-0.3, -0.25) is 4.31 Å². The maximum atomic E-state index is 13.4. The number of sulfonamides is 1. The molecule has 132 valence electrons. The van der Waals surface area contributed by atoms with E-state index in [-0.39, 0.29) is 4.90 Å². The highest BCUT2D eigenvalue weighted by Gasteiger charge is 2.31. The molecule has 0 spiro atoms. The molecule has 2 aromatic rings. The highest BCUT2D eigenvalue weighted by Crippen LogP contribution is 2.38. The van der Waals surface area contributed by atoms with Gasteiger partial charge in [-0.2, -0.15) is 0 Å². The van der Waals surface area contributed by atoms with Crippen LogP contribution < -0.4 is 9.04 Å². The fraction of sp³-hybridized carbons (Fsp3) is 0.200. The van der Waals surface area contributed by atoms with Gasteiger partial charge < -0.3 is 4.74 Å². The summed E-state index contributed by atoms with van der Waals surface area (Å²) in [7, 11) is -2.30. The Hall–Kier alpha value is -2.53. The topological polar surface area (TPSA) is 46.6 Å². The van der Waals surface area contributed by atoms with Crippen LogP contribution in [-0.2, 0) is 10.0 Å². The van der Waals surface area contributed by atoms with E-state index < -0.39 is 16.1 Å². The summed E-state index contributed by atoms with van der Waals surface area (Å²) in [6.07, 6.45) is 3.20. The molecule has 4 nitrogen and oxygen atoms in total. The molecule has 0 aliphatic heterocycles. The summed E-state index contributed by atoms with van der Waals surface area (Å²) in [5, 5.41) is 0. The van der Waals surface area contributed by atoms with Crippen molar-refractivity contribution in [2.45, 2.75) is 24.8 Å². The number of rotatable bonds is 7. The van der Waals surface area contributed by atoms with Crippen molar-refractivity contribution in [3.63, 3.8) is 0 Å². The molecular weight excluding hydrogens is 334 g/mol. The largest absolute Gasteiger partial charge is 0.495 e. The molecule has 0 saturated heterocycles. The summed E-state index contributed by atoms with van der Waals surface area (Å²) in [6.45, 7) is 11.3. The average molecular weight is 357 g/mol. The Morgan fingerprint density at radius 1 is 1.12 bits per heavy atom. The second-order valence-corrected chi connectivity index (χ2v) is 7.51. The zero-order valence-electron chi connectivity index (χ0n) is 14.8. The van der Waals surface area contributed by atoms with E-state index in [0.717, 1.165) is 5.56 Å². The number of ether oxygens (including phenoxy) is 1. The molecule has 0 saturated carbocycles. The normalized spacial score (nSPS) is 12.3. The molecule has 1 atom stereocenters. The summed E-state index contributed by atoms with van der Waals surface area (Å²) >= 11 is 0. The van der Waals surface area contributed by atoms with Crippen LogP contribution in [0.15, 0.2) is 66.6 Å². The van der Waals surface area contributed by atoms with Crippen LogP contribution in [-0.4, -0.2) is 21.6 Å². The van der Waals surface area contributed by atoms with Crippen LogP contribution in [0.1, 0.15) is 18.1 Å². The van der Waals surface area contributed by atoms with Gasteiger partial charge in [0.1, 0.15) is 11.4 Å². The van der Waals surface area contributed by atoms with E-state index in [1.54, 1.807) is 61.5 Å². The molecule has 5 heteroatoms. The summed E-state index contributed by atoms with van der Waals surface area (Å²) in [4.78, 5) is 0.215. The summed E-state index contributed by atoms with van der Waals surface area (Å²) in [5.41, 5.74) is 2.11. The number of anilines is 1. The number of benzene rings is 2. The predicted molar refractivity (Wildman–Crippen MR) is 104 cm³/mol. The van der Waals surface area contributed by atoms with Gasteiger partial charge in [0.05, 0.1) is 18.0 Å². The van der Waals surface area contributed by atoms with Crippen LogP contribution in [0.25, 0.3) is 6.08 Å². The number of hydrogen-bond donors (Lipinski definition) is 0. The SMILES string of the molecule is C=Cc1cccc(OC)c1N(C(C)C=C)S(=O)(=O)c1ccc(C)cc1. The first-order chi connectivity index (χ1) is 11.9. The van der Waals surface area contributed by atoms with Crippen LogP contribution in [0.4, 0.5) is 5.69 Å². The average Bonchev–Trinajstić information content (AvgIpc) is 2.61. The summed E-state index contributed by atoms with van der Waals surface area (Å²) < 4.78 is 33.5. The van der Waals surface area contributed by atoms with Crippen LogP contribution >= 0.6 is 0 Å². The Bertz CT molecular complexity index is 870. The molecular formula is C20H23NO3S. The van der Waals surface area contributed by atoms with Crippen molar-refractivity contribution in [1.82, 2.24) is 0 Å².